The molecule has 0 amide bonds. The summed E-state index contributed by atoms with van der Waals surface area (Å²) >= 11 is 0. The third-order valence-corrected chi connectivity index (χ3v) is 6.96. The lowest BCUT2D eigenvalue weighted by Crippen LogP contribution is -2.23. The Morgan fingerprint density at radius 2 is 1.31 bits per heavy atom. The van der Waals surface area contributed by atoms with Gasteiger partial charge in [-0.15, -0.1) is 0 Å². The lowest BCUT2D eigenvalue weighted by molar-refractivity contribution is 0.403. The van der Waals surface area contributed by atoms with Crippen molar-refractivity contribution in [1.29, 1.82) is 0 Å². The van der Waals surface area contributed by atoms with Gasteiger partial charge in [-0.2, -0.15) is 0 Å². The fraction of sp³-hybridized carbons (Fsp3) is 0.538. The second kappa shape index (κ2) is 4.83. The molecule has 0 radical (unpaired) electrons. The standard InChI is InChI=1S/C26H34/c1-23(2,3)18-12-10-11-16-17-13-20-21(25(6,7)15-24(20,4)5)14-19(17)26(8,9)22(16)18/h10-14H,15H2,1-9H3. The molecule has 0 aliphatic heterocycles. The molecule has 2 aromatic carbocycles. The highest BCUT2D eigenvalue weighted by molar-refractivity contribution is 5.84. The highest BCUT2D eigenvalue weighted by Gasteiger charge is 2.46. The van der Waals surface area contributed by atoms with E-state index in [0.717, 1.165) is 0 Å². The third kappa shape index (κ3) is 2.20. The van der Waals surface area contributed by atoms with Gasteiger partial charge >= 0.3 is 0 Å². The maximum atomic E-state index is 2.56. The molecule has 138 valence electrons. The van der Waals surface area contributed by atoms with Crippen molar-refractivity contribution < 1.29 is 0 Å². The number of fused-ring (bicyclic) bond motifs is 4. The fourth-order valence-electron chi connectivity index (χ4n) is 5.96. The Labute approximate surface area is 160 Å². The van der Waals surface area contributed by atoms with Gasteiger partial charge in [-0.3, -0.25) is 0 Å². The number of benzene rings is 2. The van der Waals surface area contributed by atoms with Gasteiger partial charge < -0.3 is 0 Å². The summed E-state index contributed by atoms with van der Waals surface area (Å²) in [5.74, 6) is 0. The van der Waals surface area contributed by atoms with Crippen molar-refractivity contribution in [2.45, 2.75) is 90.4 Å². The van der Waals surface area contributed by atoms with Gasteiger partial charge in [0.1, 0.15) is 0 Å². The van der Waals surface area contributed by atoms with Crippen LogP contribution in [0.5, 0.6) is 0 Å². The summed E-state index contributed by atoms with van der Waals surface area (Å²) in [6.07, 6.45) is 1.23. The summed E-state index contributed by atoms with van der Waals surface area (Å²) in [4.78, 5) is 0. The van der Waals surface area contributed by atoms with E-state index in [9.17, 15) is 0 Å². The lowest BCUT2D eigenvalue weighted by atomic mass is 9.73. The van der Waals surface area contributed by atoms with Gasteiger partial charge in [0.2, 0.25) is 0 Å². The second-order valence-corrected chi connectivity index (χ2v) is 11.5. The van der Waals surface area contributed by atoms with Crippen LogP contribution < -0.4 is 0 Å². The van der Waals surface area contributed by atoms with Crippen LogP contribution in [0.15, 0.2) is 30.3 Å². The van der Waals surface area contributed by atoms with Gasteiger partial charge in [0.25, 0.3) is 0 Å². The Morgan fingerprint density at radius 1 is 0.731 bits per heavy atom. The Balaban J connectivity index is 2.06. The molecule has 2 aliphatic carbocycles. The Morgan fingerprint density at radius 3 is 1.88 bits per heavy atom. The van der Waals surface area contributed by atoms with Crippen molar-refractivity contribution in [3.63, 3.8) is 0 Å². The average molecular weight is 347 g/mol. The molecule has 0 spiro atoms. The first-order valence-electron chi connectivity index (χ1n) is 10.1. The first kappa shape index (κ1) is 17.8. The molecular weight excluding hydrogens is 312 g/mol. The maximum absolute atomic E-state index is 2.56. The Kier molecular flexibility index (Phi) is 3.31. The van der Waals surface area contributed by atoms with Crippen LogP contribution in [0.25, 0.3) is 11.1 Å². The van der Waals surface area contributed by atoms with E-state index in [1.165, 1.54) is 28.7 Å². The van der Waals surface area contributed by atoms with E-state index in [4.69, 9.17) is 0 Å². The van der Waals surface area contributed by atoms with E-state index in [1.54, 1.807) is 16.7 Å². The van der Waals surface area contributed by atoms with Crippen LogP contribution in [0.2, 0.25) is 0 Å². The molecule has 0 fully saturated rings. The minimum atomic E-state index is 0.0619. The predicted octanol–water partition coefficient (Wildman–Crippen LogP) is 7.25. The van der Waals surface area contributed by atoms with E-state index in [1.807, 2.05) is 0 Å². The first-order valence-corrected chi connectivity index (χ1v) is 10.1. The highest BCUT2D eigenvalue weighted by Crippen LogP contribution is 2.57. The van der Waals surface area contributed by atoms with Crippen LogP contribution in [0.1, 0.15) is 96.6 Å². The zero-order valence-corrected chi connectivity index (χ0v) is 18.1. The van der Waals surface area contributed by atoms with Crippen LogP contribution >= 0.6 is 0 Å². The first-order chi connectivity index (χ1) is 11.8. The van der Waals surface area contributed by atoms with Crippen molar-refractivity contribution in [3.05, 3.63) is 58.1 Å². The maximum Gasteiger partial charge on any atom is 0.0161 e. The summed E-state index contributed by atoms with van der Waals surface area (Å²) in [5.41, 5.74) is 11.4. The fourth-order valence-corrected chi connectivity index (χ4v) is 5.96. The van der Waals surface area contributed by atoms with E-state index >= 15 is 0 Å². The largest absolute Gasteiger partial charge is 0.0613 e. The minimum Gasteiger partial charge on any atom is -0.0613 e. The molecule has 0 bridgehead atoms. The smallest absolute Gasteiger partial charge is 0.0161 e. The highest BCUT2D eigenvalue weighted by atomic mass is 14.5. The molecule has 2 aromatic rings. The minimum absolute atomic E-state index is 0.0619. The predicted molar refractivity (Wildman–Crippen MR) is 113 cm³/mol. The lowest BCUT2D eigenvalue weighted by Gasteiger charge is -2.30. The van der Waals surface area contributed by atoms with E-state index < -0.39 is 0 Å². The van der Waals surface area contributed by atoms with E-state index in [-0.39, 0.29) is 21.7 Å². The van der Waals surface area contributed by atoms with Crippen molar-refractivity contribution >= 4 is 0 Å². The van der Waals surface area contributed by atoms with Crippen LogP contribution in [-0.4, -0.2) is 0 Å². The Hall–Kier alpha value is -1.56. The summed E-state index contributed by atoms with van der Waals surface area (Å²) in [6.45, 7) is 21.5. The number of hydrogen-bond donors (Lipinski definition) is 0. The van der Waals surface area contributed by atoms with Crippen molar-refractivity contribution in [1.82, 2.24) is 0 Å². The summed E-state index contributed by atoms with van der Waals surface area (Å²) in [6, 6.07) is 12.0. The molecule has 0 heterocycles. The van der Waals surface area contributed by atoms with Crippen LogP contribution in [0.3, 0.4) is 0 Å². The van der Waals surface area contributed by atoms with Crippen LogP contribution in [0, 0.1) is 0 Å². The molecule has 0 unspecified atom stereocenters. The van der Waals surface area contributed by atoms with Gasteiger partial charge in [0.15, 0.2) is 0 Å². The monoisotopic (exact) mass is 346 g/mol. The quantitative estimate of drug-likeness (QED) is 0.471. The topological polar surface area (TPSA) is 0 Å². The number of hydrogen-bond acceptors (Lipinski definition) is 0. The molecule has 2 aliphatic rings. The van der Waals surface area contributed by atoms with Crippen LogP contribution in [-0.2, 0) is 21.7 Å². The van der Waals surface area contributed by atoms with Crippen molar-refractivity contribution in [3.8, 4) is 11.1 Å². The molecule has 0 saturated heterocycles. The zero-order chi connectivity index (χ0) is 19.3. The average Bonchev–Trinajstić information content (AvgIpc) is 2.83. The molecule has 26 heavy (non-hydrogen) atoms. The molecule has 0 heteroatoms. The molecule has 0 nitrogen and oxygen atoms in total. The normalized spacial score (nSPS) is 21.3. The molecule has 0 N–H and O–H groups in total. The summed E-state index contributed by atoms with van der Waals surface area (Å²) in [5, 5.41) is 0. The van der Waals surface area contributed by atoms with E-state index in [2.05, 4.69) is 92.6 Å². The van der Waals surface area contributed by atoms with Gasteiger partial charge in [0.05, 0.1) is 0 Å². The zero-order valence-electron chi connectivity index (χ0n) is 18.1. The number of rotatable bonds is 0. The van der Waals surface area contributed by atoms with Crippen molar-refractivity contribution in [2.75, 3.05) is 0 Å². The molecule has 0 atom stereocenters. The molecular formula is C26H34. The van der Waals surface area contributed by atoms with Gasteiger partial charge in [-0.05, 0) is 67.7 Å². The van der Waals surface area contributed by atoms with Gasteiger partial charge in [0, 0.05) is 5.41 Å². The summed E-state index contributed by atoms with van der Waals surface area (Å²) in [7, 11) is 0. The molecule has 0 aromatic heterocycles. The van der Waals surface area contributed by atoms with Crippen LogP contribution in [0.4, 0.5) is 0 Å². The second-order valence-electron chi connectivity index (χ2n) is 11.5. The van der Waals surface area contributed by atoms with Gasteiger partial charge in [-0.25, -0.2) is 0 Å². The summed E-state index contributed by atoms with van der Waals surface area (Å²) < 4.78 is 0. The molecule has 0 saturated carbocycles. The van der Waals surface area contributed by atoms with Gasteiger partial charge in [-0.1, -0.05) is 86.6 Å². The third-order valence-electron chi connectivity index (χ3n) is 6.96. The SMILES string of the molecule is CC(C)(C)c1cccc2c1C(C)(C)c1cc3c(cc1-2)C(C)(C)CC3(C)C. The Bertz CT molecular complexity index is 914. The van der Waals surface area contributed by atoms with E-state index in [0.29, 0.717) is 0 Å². The molecule has 4 rings (SSSR count). The van der Waals surface area contributed by atoms with Crippen molar-refractivity contribution in [2.24, 2.45) is 0 Å².